The van der Waals surface area contributed by atoms with Gasteiger partial charge in [0.25, 0.3) is 11.8 Å². The first-order valence-electron chi connectivity index (χ1n) is 10.7. The summed E-state index contributed by atoms with van der Waals surface area (Å²) in [6, 6.07) is 0.344. The summed E-state index contributed by atoms with van der Waals surface area (Å²) in [4.78, 5) is 25.7. The Bertz CT molecular complexity index is 1320. The molecule has 0 saturated heterocycles. The largest absolute Gasteiger partial charge is 0.490 e. The van der Waals surface area contributed by atoms with Crippen molar-refractivity contribution in [2.24, 2.45) is 7.05 Å². The molecule has 1 amide bonds. The number of carbonyl (C=O) groups is 2. The summed E-state index contributed by atoms with van der Waals surface area (Å²) in [5.41, 5.74) is -1.86. The van der Waals surface area contributed by atoms with Gasteiger partial charge in [-0.2, -0.15) is 36.5 Å². The molecule has 1 saturated carbocycles. The molecule has 1 aliphatic rings. The Balaban J connectivity index is 0.000000505. The van der Waals surface area contributed by atoms with E-state index in [1.165, 1.54) is 23.8 Å². The van der Waals surface area contributed by atoms with Crippen molar-refractivity contribution in [3.05, 3.63) is 35.9 Å². The lowest BCUT2D eigenvalue weighted by molar-refractivity contribution is -0.192. The third kappa shape index (κ3) is 6.65. The van der Waals surface area contributed by atoms with E-state index in [4.69, 9.17) is 9.90 Å². The minimum atomic E-state index is -5.08. The summed E-state index contributed by atoms with van der Waals surface area (Å²) >= 11 is 0. The third-order valence-corrected chi connectivity index (χ3v) is 5.29. The van der Waals surface area contributed by atoms with Gasteiger partial charge in [-0.3, -0.25) is 9.48 Å². The molecule has 3 aromatic heterocycles. The van der Waals surface area contributed by atoms with Crippen LogP contribution in [0.15, 0.2) is 24.7 Å². The molecule has 1 atom stereocenters. The first kappa shape index (κ1) is 28.6. The van der Waals surface area contributed by atoms with Gasteiger partial charge in [-0.25, -0.2) is 23.1 Å². The van der Waals surface area contributed by atoms with Crippen LogP contribution >= 0.6 is 0 Å². The summed E-state index contributed by atoms with van der Waals surface area (Å²) in [6.45, 7) is 0. The fourth-order valence-electron chi connectivity index (χ4n) is 3.54. The maximum absolute atomic E-state index is 14.1. The van der Waals surface area contributed by atoms with Crippen LogP contribution in [0, 0.1) is 0 Å². The number of halogens is 8. The minimum Gasteiger partial charge on any atom is -0.475 e. The number of anilines is 2. The molecule has 3 aromatic rings. The van der Waals surface area contributed by atoms with E-state index in [2.05, 4.69) is 25.8 Å². The maximum atomic E-state index is 14.1. The molecular weight excluding hydrogens is 538 g/mol. The Morgan fingerprint density at radius 1 is 1.16 bits per heavy atom. The molecule has 38 heavy (non-hydrogen) atoms. The summed E-state index contributed by atoms with van der Waals surface area (Å²) in [6.07, 6.45) is -5.10. The number of amides is 1. The van der Waals surface area contributed by atoms with Crippen molar-refractivity contribution in [1.82, 2.24) is 24.4 Å². The number of fused-ring (bicyclic) bond motifs is 1. The second-order valence-corrected chi connectivity index (χ2v) is 8.16. The Kier molecular flexibility index (Phi) is 7.83. The fraction of sp³-hybridized carbons (Fsp3) is 0.450. The Morgan fingerprint density at radius 3 is 2.39 bits per heavy atom. The number of hydrogen-bond acceptors (Lipinski definition) is 6. The van der Waals surface area contributed by atoms with Gasteiger partial charge < -0.3 is 15.7 Å². The van der Waals surface area contributed by atoms with Crippen LogP contribution in [0.3, 0.4) is 0 Å². The third-order valence-electron chi connectivity index (χ3n) is 5.29. The van der Waals surface area contributed by atoms with Crippen LogP contribution < -0.4 is 10.6 Å². The van der Waals surface area contributed by atoms with Crippen LogP contribution in [0.4, 0.5) is 46.6 Å². The number of hydrogen-bond donors (Lipinski definition) is 3. The van der Waals surface area contributed by atoms with Crippen molar-refractivity contribution in [2.45, 2.75) is 50.0 Å². The van der Waals surface area contributed by atoms with E-state index in [1.807, 2.05) is 0 Å². The Labute approximate surface area is 207 Å². The van der Waals surface area contributed by atoms with E-state index in [9.17, 15) is 39.9 Å². The molecule has 0 unspecified atom stereocenters. The first-order valence-corrected chi connectivity index (χ1v) is 10.7. The normalized spacial score (nSPS) is 17.4. The molecule has 18 heteroatoms. The molecule has 0 spiro atoms. The second-order valence-electron chi connectivity index (χ2n) is 8.16. The van der Waals surface area contributed by atoms with Crippen molar-refractivity contribution in [1.29, 1.82) is 0 Å². The monoisotopic (exact) mass is 557 g/mol. The number of aromatic nitrogens is 5. The van der Waals surface area contributed by atoms with Gasteiger partial charge in [0, 0.05) is 25.9 Å². The van der Waals surface area contributed by atoms with E-state index in [0.717, 1.165) is 17.1 Å². The maximum Gasteiger partial charge on any atom is 0.490 e. The number of nitrogens with zero attached hydrogens (tertiary/aromatic N) is 5. The van der Waals surface area contributed by atoms with Crippen LogP contribution in [0.2, 0.25) is 0 Å². The SMILES string of the molecule is Cn1cc(NC(=O)c2cnn3ccc(N[C@H]4CCCCC4(F)F)nc23)c(C(F)(F)F)n1.O=C(O)C(F)(F)F. The molecule has 1 aliphatic carbocycles. The number of carbonyl (C=O) groups excluding carboxylic acids is 1. The van der Waals surface area contributed by atoms with E-state index in [1.54, 1.807) is 0 Å². The van der Waals surface area contributed by atoms with Crippen molar-refractivity contribution >= 4 is 29.0 Å². The number of aliphatic carboxylic acids is 1. The number of rotatable bonds is 4. The zero-order valence-electron chi connectivity index (χ0n) is 19.2. The van der Waals surface area contributed by atoms with Gasteiger partial charge in [-0.05, 0) is 18.9 Å². The lowest BCUT2D eigenvalue weighted by Gasteiger charge is -2.32. The molecule has 1 fully saturated rings. The van der Waals surface area contributed by atoms with Gasteiger partial charge in [0.2, 0.25) is 0 Å². The topological polar surface area (TPSA) is 126 Å². The zero-order chi connectivity index (χ0) is 28.5. The van der Waals surface area contributed by atoms with E-state index < -0.39 is 47.6 Å². The molecule has 3 N–H and O–H groups in total. The Morgan fingerprint density at radius 2 is 1.82 bits per heavy atom. The molecule has 3 heterocycles. The number of alkyl halides is 8. The summed E-state index contributed by atoms with van der Waals surface area (Å²) < 4.78 is 102. The van der Waals surface area contributed by atoms with Gasteiger partial charge in [0.1, 0.15) is 11.4 Å². The van der Waals surface area contributed by atoms with Gasteiger partial charge >= 0.3 is 18.3 Å². The Hall–Kier alpha value is -3.99. The average molecular weight is 557 g/mol. The van der Waals surface area contributed by atoms with Crippen molar-refractivity contribution in [3.8, 4) is 0 Å². The second kappa shape index (κ2) is 10.4. The van der Waals surface area contributed by atoms with Crippen LogP contribution in [-0.2, 0) is 18.0 Å². The smallest absolute Gasteiger partial charge is 0.475 e. The molecule has 0 radical (unpaired) electrons. The molecule has 0 bridgehead atoms. The fourth-order valence-corrected chi connectivity index (χ4v) is 3.54. The predicted octanol–water partition coefficient (Wildman–Crippen LogP) is 4.36. The van der Waals surface area contributed by atoms with E-state index in [-0.39, 0.29) is 29.9 Å². The van der Waals surface area contributed by atoms with Crippen LogP contribution in [-0.4, -0.2) is 59.5 Å². The van der Waals surface area contributed by atoms with Gasteiger partial charge in [0.15, 0.2) is 11.3 Å². The summed E-state index contributed by atoms with van der Waals surface area (Å²) in [7, 11) is 1.29. The molecular formula is C20H19F8N7O3. The lowest BCUT2D eigenvalue weighted by Crippen LogP contribution is -2.42. The van der Waals surface area contributed by atoms with Gasteiger partial charge in [-0.15, -0.1) is 0 Å². The highest BCUT2D eigenvalue weighted by molar-refractivity contribution is 6.08. The number of carboxylic acids is 1. The minimum absolute atomic E-state index is 0.0130. The van der Waals surface area contributed by atoms with Gasteiger partial charge in [0.05, 0.1) is 17.9 Å². The quantitative estimate of drug-likeness (QED) is 0.407. The van der Waals surface area contributed by atoms with Crippen LogP contribution in [0.5, 0.6) is 0 Å². The summed E-state index contributed by atoms with van der Waals surface area (Å²) in [5, 5.41) is 19.3. The molecule has 208 valence electrons. The first-order chi connectivity index (χ1) is 17.5. The van der Waals surface area contributed by atoms with E-state index >= 15 is 0 Å². The average Bonchev–Trinajstić information content (AvgIpc) is 3.37. The highest BCUT2D eigenvalue weighted by Crippen LogP contribution is 2.35. The van der Waals surface area contributed by atoms with Crippen molar-refractivity contribution in [3.63, 3.8) is 0 Å². The van der Waals surface area contributed by atoms with Crippen molar-refractivity contribution in [2.75, 3.05) is 10.6 Å². The van der Waals surface area contributed by atoms with Gasteiger partial charge in [-0.1, -0.05) is 6.42 Å². The number of aryl methyl sites for hydroxylation is 1. The molecule has 10 nitrogen and oxygen atoms in total. The van der Waals surface area contributed by atoms with Crippen LogP contribution in [0.25, 0.3) is 5.65 Å². The zero-order valence-corrected chi connectivity index (χ0v) is 19.2. The molecule has 0 aliphatic heterocycles. The standard InChI is InChI=1S/C18H18F5N7O.C2HF3O2/c1-29-9-11(14(28-29)18(21,22)23)25-16(31)10-8-24-30-7-5-13(27-15(10)30)26-12-4-2-3-6-17(12,19)20;3-2(4,5)1(6)7/h5,7-9,12H,2-4,6H2,1H3,(H,25,31)(H,26,27);(H,6,7)/t12-;/m0./s1. The lowest BCUT2D eigenvalue weighted by atomic mass is 9.91. The van der Waals surface area contributed by atoms with E-state index in [0.29, 0.717) is 12.8 Å². The summed E-state index contributed by atoms with van der Waals surface area (Å²) in [5.74, 6) is -6.42. The highest BCUT2D eigenvalue weighted by Gasteiger charge is 2.42. The molecule has 4 rings (SSSR count). The number of nitrogens with one attached hydrogen (secondary N) is 2. The molecule has 0 aromatic carbocycles. The number of carboxylic acid groups (broad SMARTS) is 1. The predicted molar refractivity (Wildman–Crippen MR) is 114 cm³/mol. The van der Waals surface area contributed by atoms with Crippen LogP contribution in [0.1, 0.15) is 41.7 Å². The highest BCUT2D eigenvalue weighted by atomic mass is 19.4. The van der Waals surface area contributed by atoms with Crippen molar-refractivity contribution < 1.29 is 49.8 Å².